The second-order valence-corrected chi connectivity index (χ2v) is 6.39. The zero-order valence-electron chi connectivity index (χ0n) is 12.7. The van der Waals surface area contributed by atoms with Gasteiger partial charge in [-0.1, -0.05) is 47.5 Å². The van der Waals surface area contributed by atoms with Crippen molar-refractivity contribution in [3.63, 3.8) is 0 Å². The number of benzene rings is 1. The summed E-state index contributed by atoms with van der Waals surface area (Å²) in [5, 5.41) is 12.7. The van der Waals surface area contributed by atoms with Crippen molar-refractivity contribution >= 4 is 35.3 Å². The smallest absolute Gasteiger partial charge is 0.165 e. The Hall–Kier alpha value is -1.01. The number of Topliss-reactive ketones (excluding diaryl/α,β-unsaturated/α-hetero) is 1. The molecule has 1 aromatic rings. The zero-order chi connectivity index (χ0) is 17.4. The average Bonchev–Trinajstić information content (AvgIpc) is 3.41. The highest BCUT2D eigenvalue weighted by atomic mass is 35.5. The Morgan fingerprint density at radius 2 is 1.91 bits per heavy atom. The van der Waals surface area contributed by atoms with Crippen LogP contribution in [0.25, 0.3) is 0 Å². The van der Waals surface area contributed by atoms with Crippen LogP contribution in [0.5, 0.6) is 0 Å². The second-order valence-electron chi connectivity index (χ2n) is 5.23. The van der Waals surface area contributed by atoms with Gasteiger partial charge in [-0.25, -0.2) is 4.39 Å². The van der Waals surface area contributed by atoms with Crippen LogP contribution in [-0.2, 0) is 4.79 Å². The van der Waals surface area contributed by atoms with Crippen molar-refractivity contribution in [3.8, 4) is 0 Å². The fourth-order valence-corrected chi connectivity index (χ4v) is 1.98. The van der Waals surface area contributed by atoms with Crippen LogP contribution in [-0.4, -0.2) is 41.8 Å². The van der Waals surface area contributed by atoms with Gasteiger partial charge in [0.05, 0.1) is 12.1 Å². The molecule has 2 rings (SSSR count). The lowest BCUT2D eigenvalue weighted by molar-refractivity contribution is -0.106. The monoisotopic (exact) mass is 363 g/mol. The topological polar surface area (TPSA) is 66.4 Å². The van der Waals surface area contributed by atoms with Gasteiger partial charge in [-0.2, -0.15) is 0 Å². The normalized spacial score (nSPS) is 16.3. The molecule has 0 saturated heterocycles. The molecular formula is C16H20Cl2FNO3. The molecule has 7 heteroatoms. The van der Waals surface area contributed by atoms with E-state index in [0.29, 0.717) is 17.4 Å². The number of halogens is 3. The largest absolute Gasteiger partial charge is 0.387 e. The van der Waals surface area contributed by atoms with Gasteiger partial charge >= 0.3 is 0 Å². The van der Waals surface area contributed by atoms with Crippen LogP contribution in [0.4, 0.5) is 4.39 Å². The van der Waals surface area contributed by atoms with Gasteiger partial charge in [-0.3, -0.25) is 4.79 Å². The van der Waals surface area contributed by atoms with Crippen LogP contribution in [0.15, 0.2) is 24.3 Å². The fourth-order valence-electron chi connectivity index (χ4n) is 1.98. The minimum absolute atomic E-state index is 0.173. The number of hydrogen-bond acceptors (Lipinski definition) is 4. The van der Waals surface area contributed by atoms with E-state index in [1.54, 1.807) is 31.3 Å². The molecular weight excluding hydrogens is 344 g/mol. The van der Waals surface area contributed by atoms with Gasteiger partial charge in [0.25, 0.3) is 0 Å². The van der Waals surface area contributed by atoms with Gasteiger partial charge in [0.15, 0.2) is 16.9 Å². The summed E-state index contributed by atoms with van der Waals surface area (Å²) in [6.45, 7) is -0.638. The molecule has 2 unspecified atom stereocenters. The van der Waals surface area contributed by atoms with E-state index in [1.165, 1.54) is 0 Å². The van der Waals surface area contributed by atoms with Gasteiger partial charge in [-0.15, -0.1) is 0 Å². The number of aldehydes is 1. The number of rotatable bonds is 7. The molecule has 2 N–H and O–H groups in total. The van der Waals surface area contributed by atoms with Crippen molar-refractivity contribution in [1.82, 2.24) is 5.32 Å². The molecule has 0 heterocycles. The average molecular weight is 364 g/mol. The summed E-state index contributed by atoms with van der Waals surface area (Å²) in [5.41, 5.74) is 1.30. The van der Waals surface area contributed by atoms with E-state index in [-0.39, 0.29) is 11.7 Å². The Morgan fingerprint density at radius 3 is 2.26 bits per heavy atom. The molecule has 1 aromatic carbocycles. The molecule has 1 aliphatic rings. The number of likely N-dealkylation sites (N-methyl/N-ethyl adjacent to an activating group) is 1. The maximum absolute atomic E-state index is 12.6. The predicted octanol–water partition coefficient (Wildman–Crippen LogP) is 2.86. The molecule has 0 spiro atoms. The van der Waals surface area contributed by atoms with E-state index in [0.717, 1.165) is 12.8 Å². The van der Waals surface area contributed by atoms with Crippen molar-refractivity contribution in [2.45, 2.75) is 29.8 Å². The predicted molar refractivity (Wildman–Crippen MR) is 88.8 cm³/mol. The third kappa shape index (κ3) is 6.55. The second kappa shape index (κ2) is 9.98. The molecule has 2 atom stereocenters. The molecule has 0 aromatic heterocycles. The Bertz CT molecular complexity index is 503. The Morgan fingerprint density at radius 1 is 1.39 bits per heavy atom. The summed E-state index contributed by atoms with van der Waals surface area (Å²) in [6.07, 6.45) is 1.51. The molecule has 23 heavy (non-hydrogen) atoms. The van der Waals surface area contributed by atoms with Gasteiger partial charge in [0.1, 0.15) is 6.67 Å². The summed E-state index contributed by atoms with van der Waals surface area (Å²) in [7, 11) is 1.61. The lowest BCUT2D eigenvalue weighted by Crippen LogP contribution is -2.34. The molecule has 0 amide bonds. The quantitative estimate of drug-likeness (QED) is 0.444. The highest BCUT2D eigenvalue weighted by Gasteiger charge is 2.30. The first-order chi connectivity index (χ1) is 10.9. The number of nitrogens with one attached hydrogen (secondary N) is 1. The van der Waals surface area contributed by atoms with Crippen molar-refractivity contribution in [2.24, 2.45) is 5.92 Å². The number of hydrogen-bond donors (Lipinski definition) is 2. The van der Waals surface area contributed by atoms with Crippen LogP contribution in [0.3, 0.4) is 0 Å². The number of alkyl halides is 3. The van der Waals surface area contributed by atoms with Gasteiger partial charge in [0, 0.05) is 11.5 Å². The standard InChI is InChI=1S/C14H18FNO2.C2H2Cl2O/c1-16-12(8-15)14(18)11-6-4-10(5-7-11)13(17)9-2-3-9;3-2(4)1-5/h4-7,9,12,14,16,18H,2-3,8H2,1H3;1-2H. The molecule has 1 aliphatic carbocycles. The lowest BCUT2D eigenvalue weighted by Gasteiger charge is -2.19. The summed E-state index contributed by atoms with van der Waals surface area (Å²) in [5.74, 6) is 0.364. The molecule has 0 radical (unpaired) electrons. The number of aliphatic hydroxyl groups excluding tert-OH is 1. The SMILES string of the molecule is CNC(CF)C(O)c1ccc(C(=O)C2CC2)cc1.O=CC(Cl)Cl. The van der Waals surface area contributed by atoms with E-state index in [9.17, 15) is 19.1 Å². The highest BCUT2D eigenvalue weighted by molar-refractivity contribution is 6.51. The summed E-state index contributed by atoms with van der Waals surface area (Å²) in [6, 6.07) is 6.20. The molecule has 128 valence electrons. The Kier molecular flexibility index (Phi) is 8.69. The number of carbonyl (C=O) groups excluding carboxylic acids is 2. The van der Waals surface area contributed by atoms with Gasteiger partial charge in [-0.05, 0) is 25.5 Å². The maximum atomic E-state index is 12.6. The maximum Gasteiger partial charge on any atom is 0.165 e. The lowest BCUT2D eigenvalue weighted by atomic mass is 9.99. The van der Waals surface area contributed by atoms with E-state index >= 15 is 0 Å². The van der Waals surface area contributed by atoms with Crippen LogP contribution < -0.4 is 5.32 Å². The molecule has 0 bridgehead atoms. The number of aliphatic hydroxyl groups is 1. The highest BCUT2D eigenvalue weighted by Crippen LogP contribution is 2.32. The van der Waals surface area contributed by atoms with Gasteiger partial charge in [0.2, 0.25) is 0 Å². The van der Waals surface area contributed by atoms with E-state index in [1.807, 2.05) is 0 Å². The first-order valence-corrected chi connectivity index (χ1v) is 8.10. The van der Waals surface area contributed by atoms with Gasteiger partial charge < -0.3 is 15.2 Å². The van der Waals surface area contributed by atoms with Crippen molar-refractivity contribution in [3.05, 3.63) is 35.4 Å². The first kappa shape index (κ1) is 20.0. The minimum atomic E-state index is -0.898. The Balaban J connectivity index is 0.000000463. The zero-order valence-corrected chi connectivity index (χ0v) is 14.2. The van der Waals surface area contributed by atoms with E-state index < -0.39 is 23.7 Å². The number of carbonyl (C=O) groups is 2. The molecule has 1 fully saturated rings. The van der Waals surface area contributed by atoms with Crippen LogP contribution in [0.2, 0.25) is 0 Å². The van der Waals surface area contributed by atoms with Crippen LogP contribution >= 0.6 is 23.2 Å². The molecule has 4 nitrogen and oxygen atoms in total. The van der Waals surface area contributed by atoms with Crippen molar-refractivity contribution in [1.29, 1.82) is 0 Å². The third-order valence-corrected chi connectivity index (χ3v) is 3.71. The third-order valence-electron chi connectivity index (χ3n) is 3.51. The van der Waals surface area contributed by atoms with E-state index in [4.69, 9.17) is 23.2 Å². The number of ketones is 1. The van der Waals surface area contributed by atoms with Crippen LogP contribution in [0.1, 0.15) is 34.9 Å². The minimum Gasteiger partial charge on any atom is -0.387 e. The Labute approximate surface area is 145 Å². The van der Waals surface area contributed by atoms with E-state index in [2.05, 4.69) is 5.32 Å². The van der Waals surface area contributed by atoms with Crippen molar-refractivity contribution in [2.75, 3.05) is 13.7 Å². The van der Waals surface area contributed by atoms with Crippen molar-refractivity contribution < 1.29 is 19.1 Å². The fraction of sp³-hybridized carbons (Fsp3) is 0.500. The summed E-state index contributed by atoms with van der Waals surface area (Å²) >= 11 is 9.72. The summed E-state index contributed by atoms with van der Waals surface area (Å²) in [4.78, 5) is 20.2. The summed E-state index contributed by atoms with van der Waals surface area (Å²) < 4.78 is 12.6. The first-order valence-electron chi connectivity index (χ1n) is 7.23. The van der Waals surface area contributed by atoms with Crippen LogP contribution in [0, 0.1) is 5.92 Å². The molecule has 0 aliphatic heterocycles. The molecule has 1 saturated carbocycles.